The molecule has 0 atom stereocenters. The van der Waals surface area contributed by atoms with Gasteiger partial charge in [0.1, 0.15) is 0 Å². The third-order valence-electron chi connectivity index (χ3n) is 1.79. The summed E-state index contributed by atoms with van der Waals surface area (Å²) in [6.45, 7) is 5.63. The molecule has 0 aliphatic carbocycles. The third kappa shape index (κ3) is 6.31. The summed E-state index contributed by atoms with van der Waals surface area (Å²) in [6, 6.07) is 0. The normalized spacial score (nSPS) is 10.2. The second kappa shape index (κ2) is 6.63. The van der Waals surface area contributed by atoms with Gasteiger partial charge in [-0.2, -0.15) is 0 Å². The molecule has 0 radical (unpaired) electrons. The summed E-state index contributed by atoms with van der Waals surface area (Å²) < 4.78 is 0. The molecule has 0 saturated carbocycles. The smallest absolute Gasteiger partial charge is 0.229 e. The zero-order valence-electron chi connectivity index (χ0n) is 8.72. The topological polar surface area (TPSA) is 46.2 Å². The van der Waals surface area contributed by atoms with Crippen molar-refractivity contribution in [2.45, 2.75) is 46.5 Å². The maximum Gasteiger partial charge on any atom is 0.229 e. The standard InChI is InChI=1S/C10H19NO2/c1-4-5-6-7-9(12)11-10(13)8(2)3/h8H,4-7H2,1-3H3,(H,11,12,13). The Labute approximate surface area is 79.9 Å². The average Bonchev–Trinajstić information content (AvgIpc) is 2.04. The van der Waals surface area contributed by atoms with Crippen molar-refractivity contribution < 1.29 is 9.59 Å². The lowest BCUT2D eigenvalue weighted by Crippen LogP contribution is -2.33. The highest BCUT2D eigenvalue weighted by Crippen LogP contribution is 1.99. The minimum Gasteiger partial charge on any atom is -0.296 e. The highest BCUT2D eigenvalue weighted by molar-refractivity contribution is 5.95. The molecule has 0 saturated heterocycles. The molecule has 3 heteroatoms. The monoisotopic (exact) mass is 185 g/mol. The van der Waals surface area contributed by atoms with Crippen molar-refractivity contribution in [3.05, 3.63) is 0 Å². The number of carbonyl (C=O) groups is 2. The fourth-order valence-corrected chi connectivity index (χ4v) is 0.880. The number of carbonyl (C=O) groups excluding carboxylic acids is 2. The minimum atomic E-state index is -0.179. The van der Waals surface area contributed by atoms with E-state index in [1.54, 1.807) is 13.8 Å². The fourth-order valence-electron chi connectivity index (χ4n) is 0.880. The van der Waals surface area contributed by atoms with E-state index in [1.807, 2.05) is 0 Å². The molecule has 3 nitrogen and oxygen atoms in total. The van der Waals surface area contributed by atoms with Gasteiger partial charge in [-0.25, -0.2) is 0 Å². The highest BCUT2D eigenvalue weighted by Gasteiger charge is 2.10. The minimum absolute atomic E-state index is 0.116. The Bertz CT molecular complexity index is 176. The molecule has 13 heavy (non-hydrogen) atoms. The molecule has 0 heterocycles. The molecule has 0 spiro atoms. The van der Waals surface area contributed by atoms with Crippen molar-refractivity contribution in [3.63, 3.8) is 0 Å². The Morgan fingerprint density at radius 3 is 2.31 bits per heavy atom. The Balaban J connectivity index is 3.56. The number of imide groups is 1. The SMILES string of the molecule is CCCCCC(=O)NC(=O)C(C)C. The Kier molecular flexibility index (Phi) is 6.20. The molecule has 2 amide bonds. The largest absolute Gasteiger partial charge is 0.296 e. The van der Waals surface area contributed by atoms with Crippen molar-refractivity contribution in [3.8, 4) is 0 Å². The van der Waals surface area contributed by atoms with Gasteiger partial charge in [-0.05, 0) is 6.42 Å². The van der Waals surface area contributed by atoms with Gasteiger partial charge in [0, 0.05) is 12.3 Å². The Morgan fingerprint density at radius 1 is 1.23 bits per heavy atom. The van der Waals surface area contributed by atoms with Crippen molar-refractivity contribution in [2.75, 3.05) is 0 Å². The quantitative estimate of drug-likeness (QED) is 0.664. The molecule has 0 rings (SSSR count). The van der Waals surface area contributed by atoms with Gasteiger partial charge in [0.25, 0.3) is 0 Å². The van der Waals surface area contributed by atoms with Crippen molar-refractivity contribution in [1.82, 2.24) is 5.32 Å². The second-order valence-electron chi connectivity index (χ2n) is 3.52. The average molecular weight is 185 g/mol. The molecule has 0 aliphatic rings. The molecule has 0 fully saturated rings. The van der Waals surface area contributed by atoms with Gasteiger partial charge in [-0.15, -0.1) is 0 Å². The van der Waals surface area contributed by atoms with Crippen LogP contribution in [0.5, 0.6) is 0 Å². The highest BCUT2D eigenvalue weighted by atomic mass is 16.2. The van der Waals surface area contributed by atoms with E-state index in [9.17, 15) is 9.59 Å². The maximum atomic E-state index is 11.1. The van der Waals surface area contributed by atoms with Crippen molar-refractivity contribution >= 4 is 11.8 Å². The van der Waals surface area contributed by atoms with Gasteiger partial charge in [0.15, 0.2) is 0 Å². The predicted octanol–water partition coefficient (Wildman–Crippen LogP) is 1.87. The number of amides is 2. The third-order valence-corrected chi connectivity index (χ3v) is 1.79. The summed E-state index contributed by atoms with van der Waals surface area (Å²) in [5.74, 6) is -0.441. The van der Waals surface area contributed by atoms with Crippen LogP contribution >= 0.6 is 0 Å². The van der Waals surface area contributed by atoms with E-state index in [1.165, 1.54) is 0 Å². The first-order valence-corrected chi connectivity index (χ1v) is 4.91. The van der Waals surface area contributed by atoms with E-state index in [-0.39, 0.29) is 17.7 Å². The number of unbranched alkanes of at least 4 members (excludes halogenated alkanes) is 2. The van der Waals surface area contributed by atoms with Gasteiger partial charge in [0.2, 0.25) is 11.8 Å². The van der Waals surface area contributed by atoms with Gasteiger partial charge in [0.05, 0.1) is 0 Å². The lowest BCUT2D eigenvalue weighted by Gasteiger charge is -2.05. The van der Waals surface area contributed by atoms with Crippen LogP contribution < -0.4 is 5.32 Å². The van der Waals surface area contributed by atoms with Gasteiger partial charge < -0.3 is 0 Å². The van der Waals surface area contributed by atoms with Crippen LogP contribution in [0.4, 0.5) is 0 Å². The summed E-state index contributed by atoms with van der Waals surface area (Å²) in [6.07, 6.45) is 3.47. The molecule has 1 N–H and O–H groups in total. The Morgan fingerprint density at radius 2 is 1.85 bits per heavy atom. The first-order valence-electron chi connectivity index (χ1n) is 4.91. The summed E-state index contributed by atoms with van der Waals surface area (Å²) in [4.78, 5) is 22.2. The zero-order valence-corrected chi connectivity index (χ0v) is 8.72. The molecular weight excluding hydrogens is 166 g/mol. The van der Waals surface area contributed by atoms with Gasteiger partial charge >= 0.3 is 0 Å². The van der Waals surface area contributed by atoms with Crippen molar-refractivity contribution in [1.29, 1.82) is 0 Å². The van der Waals surface area contributed by atoms with Crippen LogP contribution in [0.3, 0.4) is 0 Å². The molecular formula is C10H19NO2. The van der Waals surface area contributed by atoms with Crippen LogP contribution in [-0.2, 0) is 9.59 Å². The van der Waals surface area contributed by atoms with Crippen LogP contribution in [0.15, 0.2) is 0 Å². The summed E-state index contributed by atoms with van der Waals surface area (Å²) in [7, 11) is 0. The molecule has 0 aromatic rings. The van der Waals surface area contributed by atoms with Gasteiger partial charge in [-0.1, -0.05) is 33.6 Å². The van der Waals surface area contributed by atoms with E-state index in [4.69, 9.17) is 0 Å². The number of hydrogen-bond donors (Lipinski definition) is 1. The van der Waals surface area contributed by atoms with Crippen LogP contribution in [-0.4, -0.2) is 11.8 Å². The molecule has 0 unspecified atom stereocenters. The lowest BCUT2D eigenvalue weighted by atomic mass is 10.2. The first-order chi connectivity index (χ1) is 6.07. The zero-order chi connectivity index (χ0) is 10.3. The summed E-state index contributed by atoms with van der Waals surface area (Å²) in [5, 5.41) is 2.36. The van der Waals surface area contributed by atoms with E-state index >= 15 is 0 Å². The van der Waals surface area contributed by atoms with Crippen LogP contribution in [0.1, 0.15) is 46.5 Å². The van der Waals surface area contributed by atoms with Crippen LogP contribution in [0.2, 0.25) is 0 Å². The second-order valence-corrected chi connectivity index (χ2v) is 3.52. The summed E-state index contributed by atoms with van der Waals surface area (Å²) in [5.41, 5.74) is 0. The molecule has 0 bridgehead atoms. The van der Waals surface area contributed by atoms with Gasteiger partial charge in [-0.3, -0.25) is 14.9 Å². The summed E-state index contributed by atoms with van der Waals surface area (Å²) >= 11 is 0. The van der Waals surface area contributed by atoms with Crippen molar-refractivity contribution in [2.24, 2.45) is 5.92 Å². The Hall–Kier alpha value is -0.860. The molecule has 0 aromatic heterocycles. The number of rotatable bonds is 5. The van der Waals surface area contributed by atoms with Crippen LogP contribution in [0, 0.1) is 5.92 Å². The number of hydrogen-bond acceptors (Lipinski definition) is 2. The first kappa shape index (κ1) is 12.1. The maximum absolute atomic E-state index is 11.1. The molecule has 0 aromatic carbocycles. The number of nitrogens with one attached hydrogen (secondary N) is 1. The van der Waals surface area contributed by atoms with Crippen LogP contribution in [0.25, 0.3) is 0 Å². The molecule has 76 valence electrons. The van der Waals surface area contributed by atoms with E-state index in [2.05, 4.69) is 12.2 Å². The van der Waals surface area contributed by atoms with E-state index in [0.29, 0.717) is 6.42 Å². The van der Waals surface area contributed by atoms with E-state index in [0.717, 1.165) is 19.3 Å². The lowest BCUT2D eigenvalue weighted by molar-refractivity contribution is -0.132. The molecule has 0 aliphatic heterocycles. The predicted molar refractivity (Wildman–Crippen MR) is 52.1 cm³/mol. The fraction of sp³-hybridized carbons (Fsp3) is 0.800. The van der Waals surface area contributed by atoms with E-state index < -0.39 is 0 Å².